The average Bonchev–Trinajstić information content (AvgIpc) is 2.53. The van der Waals surface area contributed by atoms with E-state index in [4.69, 9.17) is 0 Å². The first-order valence-corrected chi connectivity index (χ1v) is 9.75. The minimum Gasteiger partial charge on any atom is -0.303 e. The Balaban J connectivity index is 1.89. The molecule has 0 amide bonds. The summed E-state index contributed by atoms with van der Waals surface area (Å²) in [4.78, 5) is 12.6. The van der Waals surface area contributed by atoms with E-state index in [-0.39, 0.29) is 10.6 Å². The third-order valence-electron chi connectivity index (χ3n) is 4.49. The molecule has 0 unspecified atom stereocenters. The van der Waals surface area contributed by atoms with Gasteiger partial charge in [-0.05, 0) is 57.3 Å². The van der Waals surface area contributed by atoms with Crippen LogP contribution in [0, 0.1) is 23.0 Å². The Bertz CT molecular complexity index is 683. The summed E-state index contributed by atoms with van der Waals surface area (Å²) in [6.45, 7) is 7.22. The molecule has 1 saturated heterocycles. The number of sulfonamides is 1. The first-order chi connectivity index (χ1) is 11.3. The molecule has 1 N–H and O–H groups in total. The van der Waals surface area contributed by atoms with Gasteiger partial charge in [-0.25, -0.2) is 13.1 Å². The summed E-state index contributed by atoms with van der Waals surface area (Å²) in [7, 11) is -3.73. The largest absolute Gasteiger partial charge is 0.303 e. The fraction of sp³-hybridized carbons (Fsp3) is 0.625. The summed E-state index contributed by atoms with van der Waals surface area (Å²) in [5.74, 6) is 0.775. The summed E-state index contributed by atoms with van der Waals surface area (Å²) in [6, 6.07) is 3.89. The summed E-state index contributed by atoms with van der Waals surface area (Å²) in [5, 5.41) is 10.8. The molecule has 1 fully saturated rings. The number of piperidine rings is 1. The number of likely N-dealkylation sites (tertiary alicyclic amines) is 1. The van der Waals surface area contributed by atoms with Gasteiger partial charge in [0.25, 0.3) is 5.69 Å². The second kappa shape index (κ2) is 8.04. The molecule has 1 aromatic carbocycles. The number of nitro groups is 1. The first-order valence-electron chi connectivity index (χ1n) is 8.26. The lowest BCUT2D eigenvalue weighted by Crippen LogP contribution is -2.35. The minimum absolute atomic E-state index is 0.0245. The fourth-order valence-electron chi connectivity index (χ4n) is 2.86. The van der Waals surface area contributed by atoms with E-state index in [9.17, 15) is 18.5 Å². The van der Waals surface area contributed by atoms with Crippen LogP contribution in [-0.2, 0) is 10.0 Å². The molecule has 0 saturated carbocycles. The molecule has 134 valence electrons. The number of hydrogen-bond donors (Lipinski definition) is 1. The topological polar surface area (TPSA) is 92.5 Å². The van der Waals surface area contributed by atoms with Gasteiger partial charge in [0, 0.05) is 18.7 Å². The highest BCUT2D eigenvalue weighted by molar-refractivity contribution is 7.89. The molecule has 24 heavy (non-hydrogen) atoms. The van der Waals surface area contributed by atoms with Crippen LogP contribution in [0.5, 0.6) is 0 Å². The van der Waals surface area contributed by atoms with Gasteiger partial charge < -0.3 is 4.90 Å². The van der Waals surface area contributed by atoms with E-state index in [0.29, 0.717) is 12.1 Å². The normalized spacial score (nSPS) is 17.1. The standard InChI is InChI=1S/C16H25N3O4S/c1-13-6-10-18(11-7-13)9-3-8-17-24(22,23)16-12-15(19(20)21)5-4-14(16)2/h4-5,12-13,17H,3,6-11H2,1-2H3. The van der Waals surface area contributed by atoms with Crippen molar-refractivity contribution < 1.29 is 13.3 Å². The lowest BCUT2D eigenvalue weighted by atomic mass is 9.99. The van der Waals surface area contributed by atoms with Crippen LogP contribution in [0.15, 0.2) is 23.1 Å². The van der Waals surface area contributed by atoms with Crippen LogP contribution in [0.2, 0.25) is 0 Å². The van der Waals surface area contributed by atoms with Crippen molar-refractivity contribution in [2.45, 2.75) is 38.0 Å². The summed E-state index contributed by atoms with van der Waals surface area (Å²) < 4.78 is 27.3. The van der Waals surface area contributed by atoms with E-state index in [1.165, 1.54) is 25.0 Å². The molecule has 0 bridgehead atoms. The Kier molecular flexibility index (Phi) is 6.31. The molecule has 0 spiro atoms. The molecule has 2 rings (SSSR count). The van der Waals surface area contributed by atoms with Crippen LogP contribution in [0.1, 0.15) is 31.7 Å². The van der Waals surface area contributed by atoms with Crippen LogP contribution in [0.4, 0.5) is 5.69 Å². The fourth-order valence-corrected chi connectivity index (χ4v) is 4.20. The molecule has 1 aliphatic heterocycles. The molecule has 0 aromatic heterocycles. The van der Waals surface area contributed by atoms with Gasteiger partial charge in [-0.2, -0.15) is 0 Å². The van der Waals surface area contributed by atoms with Crippen LogP contribution in [-0.4, -0.2) is 44.4 Å². The smallest absolute Gasteiger partial charge is 0.270 e. The lowest BCUT2D eigenvalue weighted by Gasteiger charge is -2.30. The van der Waals surface area contributed by atoms with Gasteiger partial charge in [-0.1, -0.05) is 13.0 Å². The quantitative estimate of drug-likeness (QED) is 0.460. The Hall–Kier alpha value is -1.51. The third kappa shape index (κ3) is 4.99. The SMILES string of the molecule is Cc1ccc([N+](=O)[O-])cc1S(=O)(=O)NCCCN1CCC(C)CC1. The molecular formula is C16H25N3O4S. The zero-order valence-corrected chi connectivity index (χ0v) is 15.0. The van der Waals surface area contributed by atoms with Crippen molar-refractivity contribution in [1.29, 1.82) is 0 Å². The van der Waals surface area contributed by atoms with E-state index >= 15 is 0 Å². The number of aryl methyl sites for hydroxylation is 1. The predicted octanol–water partition coefficient (Wildman–Crippen LogP) is 2.30. The molecule has 0 atom stereocenters. The Morgan fingerprint density at radius 2 is 2.00 bits per heavy atom. The van der Waals surface area contributed by atoms with E-state index in [0.717, 1.165) is 38.0 Å². The summed E-state index contributed by atoms with van der Waals surface area (Å²) >= 11 is 0. The van der Waals surface area contributed by atoms with Crippen molar-refractivity contribution >= 4 is 15.7 Å². The van der Waals surface area contributed by atoms with Crippen LogP contribution < -0.4 is 4.72 Å². The van der Waals surface area contributed by atoms with E-state index < -0.39 is 14.9 Å². The van der Waals surface area contributed by atoms with Crippen LogP contribution in [0.25, 0.3) is 0 Å². The highest BCUT2D eigenvalue weighted by atomic mass is 32.2. The monoisotopic (exact) mass is 355 g/mol. The number of rotatable bonds is 7. The van der Waals surface area contributed by atoms with Crippen LogP contribution in [0.3, 0.4) is 0 Å². The van der Waals surface area contributed by atoms with E-state index in [1.807, 2.05) is 0 Å². The van der Waals surface area contributed by atoms with E-state index in [2.05, 4.69) is 16.5 Å². The molecular weight excluding hydrogens is 330 g/mol. The molecule has 8 heteroatoms. The highest BCUT2D eigenvalue weighted by Gasteiger charge is 2.20. The third-order valence-corrected chi connectivity index (χ3v) is 6.09. The minimum atomic E-state index is -3.73. The number of nitro benzene ring substituents is 1. The van der Waals surface area contributed by atoms with Gasteiger partial charge in [-0.15, -0.1) is 0 Å². The Morgan fingerprint density at radius 1 is 1.33 bits per heavy atom. The van der Waals surface area contributed by atoms with Gasteiger partial charge in [0.15, 0.2) is 0 Å². The van der Waals surface area contributed by atoms with Crippen molar-refractivity contribution in [3.05, 3.63) is 33.9 Å². The molecule has 1 aliphatic rings. The molecule has 0 radical (unpaired) electrons. The second-order valence-corrected chi connectivity index (χ2v) is 8.22. The van der Waals surface area contributed by atoms with E-state index in [1.54, 1.807) is 6.92 Å². The lowest BCUT2D eigenvalue weighted by molar-refractivity contribution is -0.385. The maximum Gasteiger partial charge on any atom is 0.270 e. The van der Waals surface area contributed by atoms with Gasteiger partial charge in [-0.3, -0.25) is 10.1 Å². The molecule has 1 aromatic rings. The maximum atomic E-state index is 12.4. The van der Waals surface area contributed by atoms with Crippen molar-refractivity contribution in [2.24, 2.45) is 5.92 Å². The van der Waals surface area contributed by atoms with Gasteiger partial charge >= 0.3 is 0 Å². The zero-order valence-electron chi connectivity index (χ0n) is 14.2. The van der Waals surface area contributed by atoms with Gasteiger partial charge in [0.2, 0.25) is 10.0 Å². The van der Waals surface area contributed by atoms with Crippen LogP contribution >= 0.6 is 0 Å². The molecule has 0 aliphatic carbocycles. The van der Waals surface area contributed by atoms with Crippen molar-refractivity contribution in [2.75, 3.05) is 26.2 Å². The number of benzene rings is 1. The summed E-state index contributed by atoms with van der Waals surface area (Å²) in [5.41, 5.74) is 0.279. The first kappa shape index (κ1) is 18.8. The molecule has 7 nitrogen and oxygen atoms in total. The van der Waals surface area contributed by atoms with Crippen molar-refractivity contribution in [3.63, 3.8) is 0 Å². The zero-order chi connectivity index (χ0) is 17.7. The second-order valence-electron chi connectivity index (χ2n) is 6.48. The van der Waals surface area contributed by atoms with Crippen molar-refractivity contribution in [3.8, 4) is 0 Å². The predicted molar refractivity (Wildman–Crippen MR) is 92.5 cm³/mol. The Morgan fingerprint density at radius 3 is 2.62 bits per heavy atom. The highest BCUT2D eigenvalue weighted by Crippen LogP contribution is 2.21. The Labute approximate surface area is 143 Å². The summed E-state index contributed by atoms with van der Waals surface area (Å²) in [6.07, 6.45) is 3.11. The maximum absolute atomic E-state index is 12.4. The van der Waals surface area contributed by atoms with Gasteiger partial charge in [0.1, 0.15) is 0 Å². The number of non-ortho nitro benzene ring substituents is 1. The average molecular weight is 355 g/mol. The number of hydrogen-bond acceptors (Lipinski definition) is 5. The number of nitrogens with one attached hydrogen (secondary N) is 1. The number of nitrogens with zero attached hydrogens (tertiary/aromatic N) is 2. The molecule has 1 heterocycles. The van der Waals surface area contributed by atoms with Crippen molar-refractivity contribution in [1.82, 2.24) is 9.62 Å². The van der Waals surface area contributed by atoms with Gasteiger partial charge in [0.05, 0.1) is 9.82 Å².